The van der Waals surface area contributed by atoms with Crippen LogP contribution in [0, 0.1) is 0 Å². The van der Waals surface area contributed by atoms with Crippen LogP contribution in [0.25, 0.3) is 11.1 Å². The summed E-state index contributed by atoms with van der Waals surface area (Å²) in [6.07, 6.45) is 5.81. The summed E-state index contributed by atoms with van der Waals surface area (Å²) in [7, 11) is 1.29. The first-order chi connectivity index (χ1) is 13.0. The fourth-order valence-electron chi connectivity index (χ4n) is 3.21. The van der Waals surface area contributed by atoms with E-state index in [1.54, 1.807) is 29.1 Å². The van der Waals surface area contributed by atoms with Crippen molar-refractivity contribution in [2.45, 2.75) is 38.0 Å². The molecule has 0 bridgehead atoms. The van der Waals surface area contributed by atoms with Crippen LogP contribution in [0.4, 0.5) is 0 Å². The molecule has 1 aliphatic rings. The molecule has 144 valence electrons. The molecule has 0 spiro atoms. The van der Waals surface area contributed by atoms with Gasteiger partial charge >= 0.3 is 5.97 Å². The summed E-state index contributed by atoms with van der Waals surface area (Å²) < 4.78 is 12.2. The van der Waals surface area contributed by atoms with Crippen LogP contribution >= 0.6 is 11.6 Å². The van der Waals surface area contributed by atoms with Crippen LogP contribution in [-0.2, 0) is 14.3 Å². The van der Waals surface area contributed by atoms with Crippen LogP contribution in [0.5, 0.6) is 0 Å². The van der Waals surface area contributed by atoms with E-state index in [1.807, 2.05) is 6.20 Å². The van der Waals surface area contributed by atoms with Gasteiger partial charge in [-0.2, -0.15) is 5.10 Å². The molecule has 2 heterocycles. The summed E-state index contributed by atoms with van der Waals surface area (Å²) in [5.74, 6) is -0.535. The predicted octanol–water partition coefficient (Wildman–Crippen LogP) is 4.06. The van der Waals surface area contributed by atoms with Crippen LogP contribution in [0.15, 0.2) is 42.7 Å². The normalized spacial score (nSPS) is 18.1. The minimum absolute atomic E-state index is 0.0702. The number of esters is 1. The third-order valence-corrected chi connectivity index (χ3v) is 4.89. The third-order valence-electron chi connectivity index (χ3n) is 4.65. The number of methoxy groups -OCH3 is 1. The zero-order chi connectivity index (χ0) is 19.4. The fourth-order valence-corrected chi connectivity index (χ4v) is 3.38. The Morgan fingerprint density at radius 3 is 3.04 bits per heavy atom. The highest BCUT2D eigenvalue weighted by Gasteiger charge is 2.21. The Morgan fingerprint density at radius 1 is 1.52 bits per heavy atom. The number of ether oxygens (including phenoxy) is 2. The van der Waals surface area contributed by atoms with Crippen molar-refractivity contribution in [2.75, 3.05) is 13.7 Å². The van der Waals surface area contributed by atoms with E-state index in [1.165, 1.54) is 7.11 Å². The van der Waals surface area contributed by atoms with Crippen LogP contribution < -0.4 is 0 Å². The summed E-state index contributed by atoms with van der Waals surface area (Å²) in [4.78, 5) is 11.6. The number of benzene rings is 1. The van der Waals surface area contributed by atoms with E-state index < -0.39 is 12.1 Å². The molecule has 7 heteroatoms. The van der Waals surface area contributed by atoms with Gasteiger partial charge in [-0.25, -0.2) is 9.48 Å². The van der Waals surface area contributed by atoms with Gasteiger partial charge in [-0.3, -0.25) is 0 Å². The maximum atomic E-state index is 11.6. The van der Waals surface area contributed by atoms with Crippen molar-refractivity contribution in [2.24, 2.45) is 0 Å². The molecule has 3 rings (SSSR count). The number of aromatic nitrogens is 2. The average molecular weight is 391 g/mol. The number of hydrogen-bond acceptors (Lipinski definition) is 5. The zero-order valence-corrected chi connectivity index (χ0v) is 16.0. The minimum Gasteiger partial charge on any atom is -0.466 e. The number of carbonyl (C=O) groups excluding carboxylic acids is 1. The summed E-state index contributed by atoms with van der Waals surface area (Å²) in [5, 5.41) is 15.6. The van der Waals surface area contributed by atoms with Crippen molar-refractivity contribution in [1.29, 1.82) is 0 Å². The molecule has 1 aromatic carbocycles. The molecule has 0 amide bonds. The van der Waals surface area contributed by atoms with Crippen molar-refractivity contribution >= 4 is 17.6 Å². The van der Waals surface area contributed by atoms with E-state index in [9.17, 15) is 9.90 Å². The molecule has 1 aliphatic heterocycles. The Bertz CT molecular complexity index is 827. The topological polar surface area (TPSA) is 73.6 Å². The van der Waals surface area contributed by atoms with Crippen LogP contribution in [0.2, 0.25) is 5.02 Å². The Kier molecular flexibility index (Phi) is 6.31. The first kappa shape index (κ1) is 19.6. The monoisotopic (exact) mass is 390 g/mol. The van der Waals surface area contributed by atoms with E-state index >= 15 is 0 Å². The highest BCUT2D eigenvalue weighted by molar-refractivity contribution is 6.30. The van der Waals surface area contributed by atoms with Gasteiger partial charge in [0.25, 0.3) is 0 Å². The second-order valence-electron chi connectivity index (χ2n) is 6.58. The van der Waals surface area contributed by atoms with Crippen molar-refractivity contribution < 1.29 is 19.4 Å². The van der Waals surface area contributed by atoms with E-state index in [4.69, 9.17) is 16.3 Å². The Morgan fingerprint density at radius 2 is 2.33 bits per heavy atom. The predicted molar refractivity (Wildman–Crippen MR) is 102 cm³/mol. The molecule has 2 aromatic rings. The molecule has 1 saturated heterocycles. The van der Waals surface area contributed by atoms with Gasteiger partial charge in [0.15, 0.2) is 0 Å². The minimum atomic E-state index is -0.918. The molecule has 6 nitrogen and oxygen atoms in total. The number of hydrogen-bond donors (Lipinski definition) is 1. The van der Waals surface area contributed by atoms with E-state index in [0.29, 0.717) is 10.6 Å². The smallest absolute Gasteiger partial charge is 0.333 e. The quantitative estimate of drug-likeness (QED) is 0.594. The molecule has 0 aliphatic carbocycles. The lowest BCUT2D eigenvalue weighted by atomic mass is 9.94. The molecule has 0 saturated carbocycles. The van der Waals surface area contributed by atoms with E-state index in [-0.39, 0.29) is 18.2 Å². The first-order valence-corrected chi connectivity index (χ1v) is 9.27. The zero-order valence-electron chi connectivity index (χ0n) is 15.2. The molecule has 1 aromatic heterocycles. The van der Waals surface area contributed by atoms with E-state index in [2.05, 4.69) is 16.4 Å². The van der Waals surface area contributed by atoms with Gasteiger partial charge in [0.1, 0.15) is 6.23 Å². The van der Waals surface area contributed by atoms with Gasteiger partial charge in [0.2, 0.25) is 0 Å². The lowest BCUT2D eigenvalue weighted by molar-refractivity contribution is -0.136. The number of rotatable bonds is 6. The fraction of sp³-hybridized carbons (Fsp3) is 0.400. The lowest BCUT2D eigenvalue weighted by Crippen LogP contribution is -2.18. The molecule has 1 N–H and O–H groups in total. The number of carbonyl (C=O) groups is 1. The second-order valence-corrected chi connectivity index (χ2v) is 7.01. The van der Waals surface area contributed by atoms with Crippen LogP contribution in [-0.4, -0.2) is 34.6 Å². The van der Waals surface area contributed by atoms with Crippen molar-refractivity contribution in [1.82, 2.24) is 9.78 Å². The van der Waals surface area contributed by atoms with Gasteiger partial charge in [-0.15, -0.1) is 0 Å². The third kappa shape index (κ3) is 4.58. The maximum absolute atomic E-state index is 11.6. The van der Waals surface area contributed by atoms with Gasteiger partial charge < -0.3 is 14.6 Å². The maximum Gasteiger partial charge on any atom is 0.333 e. The van der Waals surface area contributed by atoms with Gasteiger partial charge in [-0.1, -0.05) is 24.2 Å². The molecular weight excluding hydrogens is 368 g/mol. The lowest BCUT2D eigenvalue weighted by Gasteiger charge is -2.22. The van der Waals surface area contributed by atoms with Gasteiger partial charge in [0, 0.05) is 35.4 Å². The Hall–Kier alpha value is -2.15. The molecule has 2 atom stereocenters. The molecule has 27 heavy (non-hydrogen) atoms. The largest absolute Gasteiger partial charge is 0.466 e. The first-order valence-electron chi connectivity index (χ1n) is 8.89. The molecular formula is C20H23ClN2O4. The summed E-state index contributed by atoms with van der Waals surface area (Å²) in [5.41, 5.74) is 2.44. The van der Waals surface area contributed by atoms with Crippen molar-refractivity contribution in [3.63, 3.8) is 0 Å². The van der Waals surface area contributed by atoms with Crippen LogP contribution in [0.1, 0.15) is 43.6 Å². The van der Waals surface area contributed by atoms with E-state index in [0.717, 1.165) is 37.0 Å². The highest BCUT2D eigenvalue weighted by Crippen LogP contribution is 2.34. The summed E-state index contributed by atoms with van der Waals surface area (Å²) >= 11 is 6.18. The molecule has 2 unspecified atom stereocenters. The standard InChI is InChI=1S/C20H23ClN2O4/c1-13(20(25)26-2)9-18(24)16-7-6-15(21)10-17(16)14-11-22-23(12-14)19-5-3-4-8-27-19/h6-7,10-12,18-19,24H,1,3-5,8-9H2,2H3. The number of halogens is 1. The Balaban J connectivity index is 1.87. The SMILES string of the molecule is C=C(CC(O)c1ccc(Cl)cc1-c1cnn(C2CCCCO2)c1)C(=O)OC. The number of nitrogens with zero attached hydrogens (tertiary/aromatic N) is 2. The summed E-state index contributed by atoms with van der Waals surface area (Å²) in [6, 6.07) is 5.24. The Labute approximate surface area is 163 Å². The number of aliphatic hydroxyl groups excluding tert-OH is 1. The van der Waals surface area contributed by atoms with Crippen LogP contribution in [0.3, 0.4) is 0 Å². The van der Waals surface area contributed by atoms with Gasteiger partial charge in [-0.05, 0) is 42.5 Å². The molecule has 0 radical (unpaired) electrons. The highest BCUT2D eigenvalue weighted by atomic mass is 35.5. The van der Waals surface area contributed by atoms with Gasteiger partial charge in [0.05, 0.1) is 19.4 Å². The van der Waals surface area contributed by atoms with Crippen molar-refractivity contribution in [3.8, 4) is 11.1 Å². The van der Waals surface area contributed by atoms with Crippen molar-refractivity contribution in [3.05, 3.63) is 53.3 Å². The summed E-state index contributed by atoms with van der Waals surface area (Å²) in [6.45, 7) is 4.42. The second kappa shape index (κ2) is 8.69. The number of aliphatic hydroxyl groups is 1. The molecule has 1 fully saturated rings. The average Bonchev–Trinajstić information content (AvgIpc) is 3.18.